The standard InChI is InChI=1S/C20H26N6O2/c1-3-4-13-28-18-11-9-17(10-12-18)24-20(27)23-16-7-5-15(6-8-16)14(2)25-26-19(21)22/h5-12H,3-4,13H2,1-2H3,(H4,21,22,26)(H2,23,24,27)/b25-14+. The van der Waals surface area contributed by atoms with E-state index in [1.807, 2.05) is 24.3 Å². The van der Waals surface area contributed by atoms with Crippen LogP contribution < -0.4 is 26.8 Å². The molecule has 0 aliphatic heterocycles. The van der Waals surface area contributed by atoms with Crippen LogP contribution in [0.3, 0.4) is 0 Å². The Balaban J connectivity index is 1.89. The number of carbonyl (C=O) groups is 1. The Kier molecular flexibility index (Phi) is 7.83. The summed E-state index contributed by atoms with van der Waals surface area (Å²) in [6, 6.07) is 14.1. The first kappa shape index (κ1) is 20.8. The van der Waals surface area contributed by atoms with E-state index in [0.29, 0.717) is 23.7 Å². The number of anilines is 2. The molecule has 28 heavy (non-hydrogen) atoms. The van der Waals surface area contributed by atoms with Gasteiger partial charge in [0.1, 0.15) is 5.75 Å². The average molecular weight is 382 g/mol. The molecule has 0 spiro atoms. The van der Waals surface area contributed by atoms with E-state index in [1.165, 1.54) is 0 Å². The van der Waals surface area contributed by atoms with Crippen molar-refractivity contribution in [3.8, 4) is 5.75 Å². The summed E-state index contributed by atoms with van der Waals surface area (Å²) in [5, 5.41) is 13.1. The van der Waals surface area contributed by atoms with Gasteiger partial charge in [-0.15, -0.1) is 5.10 Å². The van der Waals surface area contributed by atoms with Gasteiger partial charge in [0, 0.05) is 11.4 Å². The Hall–Kier alpha value is -3.55. The van der Waals surface area contributed by atoms with Crippen molar-refractivity contribution >= 4 is 29.1 Å². The predicted molar refractivity (Wildman–Crippen MR) is 114 cm³/mol. The quantitative estimate of drug-likeness (QED) is 0.241. The fourth-order valence-electron chi connectivity index (χ4n) is 2.25. The summed E-state index contributed by atoms with van der Waals surface area (Å²) in [4.78, 5) is 12.2. The molecule has 2 rings (SSSR count). The number of guanidine groups is 1. The van der Waals surface area contributed by atoms with E-state index in [0.717, 1.165) is 24.2 Å². The highest BCUT2D eigenvalue weighted by Gasteiger charge is 2.04. The first-order chi connectivity index (χ1) is 13.5. The molecule has 0 saturated heterocycles. The minimum Gasteiger partial charge on any atom is -0.494 e. The third kappa shape index (κ3) is 6.99. The van der Waals surface area contributed by atoms with E-state index in [2.05, 4.69) is 27.8 Å². The summed E-state index contributed by atoms with van der Waals surface area (Å²) < 4.78 is 5.60. The Morgan fingerprint density at radius 3 is 2.07 bits per heavy atom. The van der Waals surface area contributed by atoms with E-state index in [4.69, 9.17) is 16.2 Å². The highest BCUT2D eigenvalue weighted by Crippen LogP contribution is 2.17. The van der Waals surface area contributed by atoms with Gasteiger partial charge in [0.25, 0.3) is 0 Å². The van der Waals surface area contributed by atoms with Crippen molar-refractivity contribution in [3.05, 3.63) is 54.1 Å². The molecule has 0 aliphatic carbocycles. The fourth-order valence-corrected chi connectivity index (χ4v) is 2.25. The van der Waals surface area contributed by atoms with Crippen LogP contribution >= 0.6 is 0 Å². The van der Waals surface area contributed by atoms with Gasteiger partial charge in [0.2, 0.25) is 5.96 Å². The lowest BCUT2D eigenvalue weighted by atomic mass is 10.1. The average Bonchev–Trinajstić information content (AvgIpc) is 2.68. The topological polar surface area (TPSA) is 127 Å². The molecule has 0 saturated carbocycles. The molecule has 6 N–H and O–H groups in total. The third-order valence-corrected chi connectivity index (χ3v) is 3.75. The van der Waals surface area contributed by atoms with E-state index in [1.54, 1.807) is 31.2 Å². The Morgan fingerprint density at radius 1 is 0.964 bits per heavy atom. The van der Waals surface area contributed by atoms with Crippen molar-refractivity contribution in [2.75, 3.05) is 17.2 Å². The molecule has 0 unspecified atom stereocenters. The van der Waals surface area contributed by atoms with Gasteiger partial charge in [-0.25, -0.2) is 4.79 Å². The fraction of sp³-hybridized carbons (Fsp3) is 0.250. The molecule has 2 aromatic carbocycles. The highest BCUT2D eigenvalue weighted by atomic mass is 16.5. The summed E-state index contributed by atoms with van der Waals surface area (Å²) >= 11 is 0. The molecule has 0 radical (unpaired) electrons. The minimum absolute atomic E-state index is 0.102. The molecule has 0 aliphatic rings. The first-order valence-electron chi connectivity index (χ1n) is 9.02. The van der Waals surface area contributed by atoms with Crippen LogP contribution in [-0.2, 0) is 0 Å². The number of benzene rings is 2. The number of urea groups is 1. The molecular weight excluding hydrogens is 356 g/mol. The van der Waals surface area contributed by atoms with Crippen LogP contribution in [0.4, 0.5) is 16.2 Å². The maximum atomic E-state index is 12.2. The number of nitrogens with two attached hydrogens (primary N) is 2. The molecule has 148 valence electrons. The molecule has 0 atom stereocenters. The van der Waals surface area contributed by atoms with Crippen molar-refractivity contribution in [3.63, 3.8) is 0 Å². The molecule has 2 aromatic rings. The van der Waals surface area contributed by atoms with Crippen LogP contribution in [0.2, 0.25) is 0 Å². The van der Waals surface area contributed by atoms with E-state index >= 15 is 0 Å². The lowest BCUT2D eigenvalue weighted by molar-refractivity contribution is 0.262. The van der Waals surface area contributed by atoms with Crippen LogP contribution in [-0.4, -0.2) is 24.3 Å². The van der Waals surface area contributed by atoms with Crippen molar-refractivity contribution in [2.45, 2.75) is 26.7 Å². The maximum Gasteiger partial charge on any atom is 0.323 e. The van der Waals surface area contributed by atoms with Crippen molar-refractivity contribution in [2.24, 2.45) is 21.7 Å². The molecule has 8 heteroatoms. The lowest BCUT2D eigenvalue weighted by Gasteiger charge is -2.10. The molecule has 0 aromatic heterocycles. The number of hydrogen-bond donors (Lipinski definition) is 4. The molecule has 2 amide bonds. The van der Waals surface area contributed by atoms with Gasteiger partial charge in [-0.05, 0) is 55.3 Å². The second-order valence-corrected chi connectivity index (χ2v) is 6.09. The maximum absolute atomic E-state index is 12.2. The molecule has 0 fully saturated rings. The summed E-state index contributed by atoms with van der Waals surface area (Å²) in [7, 11) is 0. The van der Waals surface area contributed by atoms with Gasteiger partial charge in [-0.2, -0.15) is 5.10 Å². The van der Waals surface area contributed by atoms with Gasteiger partial charge < -0.3 is 26.8 Å². The van der Waals surface area contributed by atoms with Crippen LogP contribution in [0, 0.1) is 0 Å². The Labute approximate surface area is 164 Å². The van der Waals surface area contributed by atoms with Crippen LogP contribution in [0.25, 0.3) is 0 Å². The monoisotopic (exact) mass is 382 g/mol. The SMILES string of the molecule is CCCCOc1ccc(NC(=O)Nc2ccc(/C(C)=N/N=C(N)N)cc2)cc1. The Bertz CT molecular complexity index is 825. The molecule has 0 heterocycles. The van der Waals surface area contributed by atoms with Gasteiger partial charge in [0.05, 0.1) is 12.3 Å². The Morgan fingerprint density at radius 2 is 1.54 bits per heavy atom. The summed E-state index contributed by atoms with van der Waals surface area (Å²) in [6.45, 7) is 4.59. The number of amides is 2. The number of carbonyl (C=O) groups excluding carboxylic acids is 1. The lowest BCUT2D eigenvalue weighted by Crippen LogP contribution is -2.22. The number of rotatable bonds is 8. The van der Waals surface area contributed by atoms with Crippen molar-refractivity contribution < 1.29 is 9.53 Å². The number of nitrogens with zero attached hydrogens (tertiary/aromatic N) is 2. The largest absolute Gasteiger partial charge is 0.494 e. The van der Waals surface area contributed by atoms with Crippen LogP contribution in [0.5, 0.6) is 5.75 Å². The van der Waals surface area contributed by atoms with Crippen molar-refractivity contribution in [1.29, 1.82) is 0 Å². The number of nitrogens with one attached hydrogen (secondary N) is 2. The zero-order chi connectivity index (χ0) is 20.4. The highest BCUT2D eigenvalue weighted by molar-refractivity contribution is 6.01. The van der Waals surface area contributed by atoms with Gasteiger partial charge in [-0.3, -0.25) is 0 Å². The minimum atomic E-state index is -0.335. The van der Waals surface area contributed by atoms with Gasteiger partial charge in [0.15, 0.2) is 0 Å². The smallest absolute Gasteiger partial charge is 0.323 e. The second-order valence-electron chi connectivity index (χ2n) is 6.09. The molecule has 8 nitrogen and oxygen atoms in total. The van der Waals surface area contributed by atoms with E-state index in [-0.39, 0.29) is 12.0 Å². The zero-order valence-corrected chi connectivity index (χ0v) is 16.1. The van der Waals surface area contributed by atoms with Crippen LogP contribution in [0.15, 0.2) is 58.7 Å². The number of unbranched alkanes of at least 4 members (excludes halogenated alkanes) is 1. The summed E-state index contributed by atoms with van der Waals surface area (Å²) in [5.41, 5.74) is 13.3. The predicted octanol–water partition coefficient (Wildman–Crippen LogP) is 3.51. The summed E-state index contributed by atoms with van der Waals surface area (Å²) in [6.07, 6.45) is 2.10. The van der Waals surface area contributed by atoms with E-state index < -0.39 is 0 Å². The summed E-state index contributed by atoms with van der Waals surface area (Å²) in [5.74, 6) is 0.683. The van der Waals surface area contributed by atoms with Crippen molar-refractivity contribution in [1.82, 2.24) is 0 Å². The molecular formula is C20H26N6O2. The second kappa shape index (κ2) is 10.6. The normalized spacial score (nSPS) is 10.9. The van der Waals surface area contributed by atoms with Crippen LogP contribution in [0.1, 0.15) is 32.3 Å². The third-order valence-electron chi connectivity index (χ3n) is 3.75. The molecule has 0 bridgehead atoms. The van der Waals surface area contributed by atoms with Gasteiger partial charge in [-0.1, -0.05) is 25.5 Å². The van der Waals surface area contributed by atoms with Gasteiger partial charge >= 0.3 is 6.03 Å². The first-order valence-corrected chi connectivity index (χ1v) is 9.02. The number of ether oxygens (including phenoxy) is 1. The van der Waals surface area contributed by atoms with E-state index in [9.17, 15) is 4.79 Å². The zero-order valence-electron chi connectivity index (χ0n) is 16.1. The number of hydrogen-bond acceptors (Lipinski definition) is 4.